The van der Waals surface area contributed by atoms with Crippen LogP contribution in [0.3, 0.4) is 0 Å². The summed E-state index contributed by atoms with van der Waals surface area (Å²) in [6.45, 7) is 4.04. The second kappa shape index (κ2) is 12.3. The first-order valence-corrected chi connectivity index (χ1v) is 16.6. The van der Waals surface area contributed by atoms with Gasteiger partial charge in [0.15, 0.2) is 0 Å². The van der Waals surface area contributed by atoms with Crippen LogP contribution in [0.15, 0.2) is 175 Å². The van der Waals surface area contributed by atoms with Crippen molar-refractivity contribution in [3.8, 4) is 11.4 Å². The molecule has 2 heterocycles. The fraction of sp³-hybridized carbons (Fsp3) is 0.0667. The van der Waals surface area contributed by atoms with E-state index in [1.807, 2.05) is 13.0 Å². The molecule has 0 fully saturated rings. The molecule has 6 aromatic carbocycles. The second-order valence-corrected chi connectivity index (χ2v) is 12.2. The molecular weight excluding hydrogens is 583 g/mol. The summed E-state index contributed by atoms with van der Waals surface area (Å²) in [5, 5.41) is 5.03. The number of para-hydroxylation sites is 3. The first kappa shape index (κ1) is 29.3. The summed E-state index contributed by atoms with van der Waals surface area (Å²) in [5.41, 5.74) is 19.0. The summed E-state index contributed by atoms with van der Waals surface area (Å²) < 4.78 is 4.82. The molecule has 0 atom stereocenters. The van der Waals surface area contributed by atoms with Crippen molar-refractivity contribution in [2.45, 2.75) is 20.3 Å². The zero-order valence-electron chi connectivity index (χ0n) is 27.3. The van der Waals surface area contributed by atoms with Crippen LogP contribution >= 0.6 is 0 Å². The van der Waals surface area contributed by atoms with Crippen molar-refractivity contribution >= 4 is 49.2 Å². The predicted octanol–water partition coefficient (Wildman–Crippen LogP) is 11.3. The standard InChI is InChI=1S/C45H37N3/c1-3-35(41(46)4-2)36(32-17-7-5-8-18-32)27-26-31-16-15-21-34(28-31)48-43-25-14-12-23-38(43)40-29-39-37-22-11-13-24-42(37)47(44(39)30-45(40)48)33-19-9-6-10-20-33/h3-25,27-30H,26,46H2,1-2H3/b35-3-,36-27-,41-4+. The Labute approximate surface area is 281 Å². The van der Waals surface area contributed by atoms with Crippen molar-refractivity contribution in [3.63, 3.8) is 0 Å². The van der Waals surface area contributed by atoms with Crippen LogP contribution < -0.4 is 5.73 Å². The van der Waals surface area contributed by atoms with Crippen LogP contribution in [-0.2, 0) is 6.42 Å². The number of rotatable bonds is 7. The molecule has 2 aromatic heterocycles. The highest BCUT2D eigenvalue weighted by Crippen LogP contribution is 2.39. The average molecular weight is 620 g/mol. The van der Waals surface area contributed by atoms with Crippen molar-refractivity contribution in [3.05, 3.63) is 186 Å². The van der Waals surface area contributed by atoms with Gasteiger partial charge in [0.1, 0.15) is 0 Å². The van der Waals surface area contributed by atoms with Crippen molar-refractivity contribution < 1.29 is 0 Å². The van der Waals surface area contributed by atoms with Crippen molar-refractivity contribution in [1.29, 1.82) is 0 Å². The fourth-order valence-corrected chi connectivity index (χ4v) is 7.24. The molecule has 3 nitrogen and oxygen atoms in total. The second-order valence-electron chi connectivity index (χ2n) is 12.2. The Morgan fingerprint density at radius 1 is 0.521 bits per heavy atom. The van der Waals surface area contributed by atoms with Gasteiger partial charge in [-0.1, -0.05) is 115 Å². The Balaban J connectivity index is 1.32. The lowest BCUT2D eigenvalue weighted by molar-refractivity contribution is 1.15. The third-order valence-electron chi connectivity index (χ3n) is 9.48. The number of aromatic nitrogens is 2. The smallest absolute Gasteiger partial charge is 0.0562 e. The molecule has 0 aliphatic carbocycles. The van der Waals surface area contributed by atoms with Gasteiger partial charge in [0.25, 0.3) is 0 Å². The number of nitrogens with zero attached hydrogens (tertiary/aromatic N) is 2. The quantitative estimate of drug-likeness (QED) is 0.177. The van der Waals surface area contributed by atoms with E-state index >= 15 is 0 Å². The molecule has 0 aliphatic rings. The monoisotopic (exact) mass is 619 g/mol. The van der Waals surface area contributed by atoms with Gasteiger partial charge in [-0.25, -0.2) is 0 Å². The minimum absolute atomic E-state index is 0.774. The summed E-state index contributed by atoms with van der Waals surface area (Å²) in [5.74, 6) is 0. The number of benzene rings is 6. The highest BCUT2D eigenvalue weighted by molar-refractivity contribution is 6.19. The lowest BCUT2D eigenvalue weighted by atomic mass is 9.93. The molecule has 232 valence electrons. The van der Waals surface area contributed by atoms with E-state index in [0.29, 0.717) is 0 Å². The molecule has 3 heteroatoms. The van der Waals surface area contributed by atoms with Gasteiger partial charge in [-0.2, -0.15) is 0 Å². The Kier molecular flexibility index (Phi) is 7.51. The maximum Gasteiger partial charge on any atom is 0.0562 e. The average Bonchev–Trinajstić information content (AvgIpc) is 3.65. The van der Waals surface area contributed by atoms with Crippen LogP contribution in [0.4, 0.5) is 0 Å². The summed E-state index contributed by atoms with van der Waals surface area (Å²) in [6.07, 6.45) is 7.17. The van der Waals surface area contributed by atoms with Gasteiger partial charge >= 0.3 is 0 Å². The maximum atomic E-state index is 6.49. The topological polar surface area (TPSA) is 35.9 Å². The first-order valence-electron chi connectivity index (χ1n) is 16.6. The molecule has 0 bridgehead atoms. The Morgan fingerprint density at radius 3 is 1.71 bits per heavy atom. The SMILES string of the molecule is C/C=C(C(=C\Cc1cccc(-n2c3ccccc3c3cc4c5ccccc5n(-c5ccccc5)c4cc32)c1)/c1ccccc1)\C(N)=C/C. The van der Waals surface area contributed by atoms with E-state index in [2.05, 4.69) is 174 Å². The normalized spacial score (nSPS) is 12.9. The minimum atomic E-state index is 0.774. The molecule has 0 unspecified atom stereocenters. The Bertz CT molecular complexity index is 2540. The largest absolute Gasteiger partial charge is 0.399 e. The van der Waals surface area contributed by atoms with Gasteiger partial charge in [-0.15, -0.1) is 0 Å². The van der Waals surface area contributed by atoms with Gasteiger partial charge in [-0.05, 0) is 85.5 Å². The molecular formula is C45H37N3. The summed E-state index contributed by atoms with van der Waals surface area (Å²) in [7, 11) is 0. The zero-order valence-corrected chi connectivity index (χ0v) is 27.3. The van der Waals surface area contributed by atoms with Gasteiger partial charge in [-0.3, -0.25) is 0 Å². The molecule has 48 heavy (non-hydrogen) atoms. The molecule has 0 saturated carbocycles. The van der Waals surface area contributed by atoms with Crippen molar-refractivity contribution in [2.24, 2.45) is 5.73 Å². The van der Waals surface area contributed by atoms with E-state index in [4.69, 9.17) is 5.73 Å². The molecule has 0 spiro atoms. The molecule has 8 aromatic rings. The molecule has 8 rings (SSSR count). The summed E-state index contributed by atoms with van der Waals surface area (Å²) >= 11 is 0. The lowest BCUT2D eigenvalue weighted by Gasteiger charge is -2.14. The van der Waals surface area contributed by atoms with Crippen LogP contribution in [-0.4, -0.2) is 9.13 Å². The number of hydrogen-bond donors (Lipinski definition) is 1. The van der Waals surface area contributed by atoms with Gasteiger partial charge < -0.3 is 14.9 Å². The maximum absolute atomic E-state index is 6.49. The van der Waals surface area contributed by atoms with Crippen molar-refractivity contribution in [1.82, 2.24) is 9.13 Å². The third kappa shape index (κ3) is 4.92. The van der Waals surface area contributed by atoms with Crippen LogP contribution in [0.2, 0.25) is 0 Å². The van der Waals surface area contributed by atoms with Crippen LogP contribution in [0.25, 0.3) is 60.6 Å². The van der Waals surface area contributed by atoms with E-state index in [1.54, 1.807) is 0 Å². The zero-order chi connectivity index (χ0) is 32.6. The minimum Gasteiger partial charge on any atom is -0.399 e. The van der Waals surface area contributed by atoms with Crippen LogP contribution in [0.1, 0.15) is 25.0 Å². The van der Waals surface area contributed by atoms with Gasteiger partial charge in [0.2, 0.25) is 0 Å². The molecule has 0 amide bonds. The van der Waals surface area contributed by atoms with E-state index in [9.17, 15) is 0 Å². The van der Waals surface area contributed by atoms with Gasteiger partial charge in [0, 0.05) is 44.2 Å². The van der Waals surface area contributed by atoms with Gasteiger partial charge in [0.05, 0.1) is 22.1 Å². The van der Waals surface area contributed by atoms with E-state index < -0.39 is 0 Å². The fourth-order valence-electron chi connectivity index (χ4n) is 7.24. The Hall–Kier alpha value is -6.06. The van der Waals surface area contributed by atoms with E-state index in [-0.39, 0.29) is 0 Å². The molecule has 0 aliphatic heterocycles. The van der Waals surface area contributed by atoms with E-state index in [0.717, 1.165) is 40.2 Å². The van der Waals surface area contributed by atoms with Crippen molar-refractivity contribution in [2.75, 3.05) is 0 Å². The van der Waals surface area contributed by atoms with Crippen LogP contribution in [0.5, 0.6) is 0 Å². The van der Waals surface area contributed by atoms with Crippen LogP contribution in [0, 0.1) is 0 Å². The highest BCUT2D eigenvalue weighted by atomic mass is 15.0. The summed E-state index contributed by atoms with van der Waals surface area (Å²) in [4.78, 5) is 0. The number of hydrogen-bond acceptors (Lipinski definition) is 1. The molecule has 2 N–H and O–H groups in total. The Morgan fingerprint density at radius 2 is 1.08 bits per heavy atom. The summed E-state index contributed by atoms with van der Waals surface area (Å²) in [6, 6.07) is 52.4. The first-order chi connectivity index (χ1) is 23.7. The lowest BCUT2D eigenvalue weighted by Crippen LogP contribution is -2.03. The molecule has 0 saturated heterocycles. The third-order valence-corrected chi connectivity index (χ3v) is 9.48. The number of allylic oxidation sites excluding steroid dienone is 4. The van der Waals surface area contributed by atoms with E-state index in [1.165, 1.54) is 49.2 Å². The molecule has 0 radical (unpaired) electrons. The number of fused-ring (bicyclic) bond motifs is 6. The number of nitrogens with two attached hydrogens (primary N) is 1. The highest BCUT2D eigenvalue weighted by Gasteiger charge is 2.18. The predicted molar refractivity (Wildman–Crippen MR) is 205 cm³/mol.